The molecule has 0 bridgehead atoms. The second-order valence-corrected chi connectivity index (χ2v) is 2.37. The highest BCUT2D eigenvalue weighted by atomic mass is 18.2. The number of carboxylic acids is 2. The smallest absolute Gasteiger partial charge is 0.320 e. The predicted molar refractivity (Wildman–Crippen MR) is 37.3 cm³/mol. The summed E-state index contributed by atoms with van der Waals surface area (Å²) in [6.07, 6.45) is -0.388. The van der Waals surface area contributed by atoms with Gasteiger partial charge in [-0.25, -0.2) is 0 Å². The van der Waals surface area contributed by atoms with Crippen LogP contribution in [0.2, 0.25) is 0 Å². The van der Waals surface area contributed by atoms with Crippen molar-refractivity contribution in [1.29, 1.82) is 0 Å². The van der Waals surface area contributed by atoms with E-state index in [-0.39, 0.29) is 6.42 Å². The zero-order valence-corrected chi connectivity index (χ0v) is 6.24. The number of alkyl halides is 1. The highest BCUT2D eigenvalue weighted by Crippen LogP contribution is 2.06. The van der Waals surface area contributed by atoms with Crippen molar-refractivity contribution in [3.05, 3.63) is 0 Å². The molecule has 0 radical (unpaired) electrons. The van der Waals surface area contributed by atoms with E-state index >= 15 is 0 Å². The Morgan fingerprint density at radius 3 is 2.08 bits per heavy atom. The Balaban J connectivity index is 4.02. The van der Waals surface area contributed by atoms with Crippen molar-refractivity contribution in [3.8, 4) is 0 Å². The first-order valence-electron chi connectivity index (χ1n) is 3.26. The lowest BCUT2D eigenvalue weighted by Gasteiger charge is -2.10. The minimum Gasteiger partial charge on any atom is -0.481 e. The lowest BCUT2D eigenvalue weighted by Crippen LogP contribution is -2.35. The molecule has 70 valence electrons. The van der Waals surface area contributed by atoms with Gasteiger partial charge in [0.05, 0.1) is 5.92 Å². The van der Waals surface area contributed by atoms with E-state index in [1.807, 2.05) is 0 Å². The maximum absolute atomic E-state index is 11.9. The van der Waals surface area contributed by atoms with E-state index < -0.39 is 30.6 Å². The first kappa shape index (κ1) is 10.8. The SMILES string of the molecule is N[C@@H](C[C@H](C[18F])C(=O)O)C(=O)O. The Labute approximate surface area is 68.0 Å². The number of halogens is 1. The van der Waals surface area contributed by atoms with Gasteiger partial charge in [-0.15, -0.1) is 0 Å². The molecule has 5 nitrogen and oxygen atoms in total. The van der Waals surface area contributed by atoms with Crippen molar-refractivity contribution in [1.82, 2.24) is 0 Å². The molecule has 0 unspecified atom stereocenters. The average Bonchev–Trinajstić information content (AvgIpc) is 1.98. The van der Waals surface area contributed by atoms with Gasteiger partial charge in [0.2, 0.25) is 0 Å². The van der Waals surface area contributed by atoms with Gasteiger partial charge in [-0.1, -0.05) is 0 Å². The molecule has 0 fully saturated rings. The van der Waals surface area contributed by atoms with Crippen molar-refractivity contribution < 1.29 is 24.2 Å². The molecule has 0 spiro atoms. The van der Waals surface area contributed by atoms with Crippen LogP contribution in [-0.4, -0.2) is 34.9 Å². The number of aliphatic carboxylic acids is 2. The molecule has 0 aliphatic rings. The minimum atomic E-state index is -1.37. The zero-order chi connectivity index (χ0) is 9.72. The fourth-order valence-corrected chi connectivity index (χ4v) is 0.637. The van der Waals surface area contributed by atoms with Crippen LogP contribution in [0.5, 0.6) is 0 Å². The molecule has 0 heterocycles. The summed E-state index contributed by atoms with van der Waals surface area (Å²) in [5.41, 5.74) is 5.00. The summed E-state index contributed by atoms with van der Waals surface area (Å²) in [6, 6.07) is -1.32. The normalized spacial score (nSPS) is 15.2. The molecule has 0 aromatic carbocycles. The van der Waals surface area contributed by atoms with Crippen LogP contribution in [-0.2, 0) is 9.59 Å². The Kier molecular flexibility index (Phi) is 4.20. The van der Waals surface area contributed by atoms with Crippen LogP contribution in [0.25, 0.3) is 0 Å². The maximum Gasteiger partial charge on any atom is 0.320 e. The fraction of sp³-hybridized carbons (Fsp3) is 0.667. The van der Waals surface area contributed by atoms with Crippen LogP contribution in [0, 0.1) is 5.92 Å². The van der Waals surface area contributed by atoms with E-state index in [0.717, 1.165) is 0 Å². The van der Waals surface area contributed by atoms with E-state index in [1.165, 1.54) is 0 Å². The third-order valence-corrected chi connectivity index (χ3v) is 1.39. The van der Waals surface area contributed by atoms with Crippen molar-refractivity contribution >= 4 is 11.9 Å². The predicted octanol–water partition coefficient (Wildman–Crippen LogP) is -0.541. The minimum absolute atomic E-state index is 0.388. The molecule has 0 aliphatic heterocycles. The topological polar surface area (TPSA) is 101 Å². The van der Waals surface area contributed by atoms with Crippen molar-refractivity contribution in [2.24, 2.45) is 11.7 Å². The van der Waals surface area contributed by atoms with E-state index in [2.05, 4.69) is 0 Å². The van der Waals surface area contributed by atoms with Crippen LogP contribution >= 0.6 is 0 Å². The van der Waals surface area contributed by atoms with Crippen LogP contribution < -0.4 is 5.73 Å². The third-order valence-electron chi connectivity index (χ3n) is 1.39. The van der Waals surface area contributed by atoms with E-state index in [9.17, 15) is 14.0 Å². The molecular weight excluding hydrogens is 168 g/mol. The number of nitrogens with two attached hydrogens (primary N) is 1. The zero-order valence-electron chi connectivity index (χ0n) is 6.24. The largest absolute Gasteiger partial charge is 0.481 e. The molecule has 0 amide bonds. The molecule has 6 heteroatoms. The summed E-state index contributed by atoms with van der Waals surface area (Å²) in [7, 11) is 0. The van der Waals surface area contributed by atoms with Crippen molar-refractivity contribution in [2.75, 3.05) is 6.67 Å². The molecule has 0 saturated carbocycles. The Morgan fingerprint density at radius 2 is 1.83 bits per heavy atom. The van der Waals surface area contributed by atoms with Gasteiger partial charge in [-0.05, 0) is 6.42 Å². The van der Waals surface area contributed by atoms with Gasteiger partial charge >= 0.3 is 11.9 Å². The molecule has 0 saturated heterocycles. The van der Waals surface area contributed by atoms with Crippen LogP contribution in [0.4, 0.5) is 4.39 Å². The van der Waals surface area contributed by atoms with E-state index in [4.69, 9.17) is 15.9 Å². The summed E-state index contributed by atoms with van der Waals surface area (Å²) >= 11 is 0. The summed E-state index contributed by atoms with van der Waals surface area (Å²) < 4.78 is 11.9. The van der Waals surface area contributed by atoms with E-state index in [1.54, 1.807) is 0 Å². The first-order valence-corrected chi connectivity index (χ1v) is 3.26. The van der Waals surface area contributed by atoms with Crippen LogP contribution in [0.15, 0.2) is 0 Å². The summed E-state index contributed by atoms with van der Waals surface area (Å²) in [4.78, 5) is 20.3. The second kappa shape index (κ2) is 4.66. The molecule has 4 N–H and O–H groups in total. The highest BCUT2D eigenvalue weighted by molar-refractivity contribution is 5.75. The Bertz CT molecular complexity index is 184. The molecule has 12 heavy (non-hydrogen) atoms. The lowest BCUT2D eigenvalue weighted by molar-refractivity contribution is -0.144. The number of carbonyl (C=O) groups is 2. The Morgan fingerprint density at radius 1 is 1.33 bits per heavy atom. The summed E-state index contributed by atoms with van der Waals surface area (Å²) in [5.74, 6) is -4.01. The molecular formula is C6H10FNO4. The Hall–Kier alpha value is -1.17. The van der Waals surface area contributed by atoms with Gasteiger partial charge in [0.25, 0.3) is 0 Å². The molecule has 0 rings (SSSR count). The number of carboxylic acid groups (broad SMARTS) is 2. The summed E-state index contributed by atoms with van der Waals surface area (Å²) in [6.45, 7) is -1.10. The van der Waals surface area contributed by atoms with Crippen LogP contribution in [0.3, 0.4) is 0 Å². The van der Waals surface area contributed by atoms with Gasteiger partial charge in [0.1, 0.15) is 12.7 Å². The van der Waals surface area contributed by atoms with Gasteiger partial charge in [0, 0.05) is 0 Å². The number of rotatable bonds is 5. The van der Waals surface area contributed by atoms with Gasteiger partial charge in [-0.3, -0.25) is 14.0 Å². The molecule has 0 aliphatic carbocycles. The lowest BCUT2D eigenvalue weighted by atomic mass is 10.0. The van der Waals surface area contributed by atoms with Gasteiger partial charge in [0.15, 0.2) is 0 Å². The molecule has 2 atom stereocenters. The van der Waals surface area contributed by atoms with Gasteiger partial charge < -0.3 is 15.9 Å². The number of hydrogen-bond donors (Lipinski definition) is 3. The van der Waals surface area contributed by atoms with Crippen LogP contribution in [0.1, 0.15) is 6.42 Å². The first-order chi connectivity index (χ1) is 5.49. The van der Waals surface area contributed by atoms with Crippen molar-refractivity contribution in [2.45, 2.75) is 12.5 Å². The fourth-order valence-electron chi connectivity index (χ4n) is 0.637. The highest BCUT2D eigenvalue weighted by Gasteiger charge is 2.23. The maximum atomic E-state index is 11.9. The summed E-state index contributed by atoms with van der Waals surface area (Å²) in [5, 5.41) is 16.6. The average molecular weight is 178 g/mol. The standard InChI is InChI=1S/C6H10FNO4/c7-2-3(5(9)10)1-4(8)6(11)12/h3-4H,1-2,8H2,(H,9,10)(H,11,12)/t3-,4+/m1/s1/i7-1. The van der Waals surface area contributed by atoms with Crippen molar-refractivity contribution in [3.63, 3.8) is 0 Å². The number of hydrogen-bond acceptors (Lipinski definition) is 3. The van der Waals surface area contributed by atoms with E-state index in [0.29, 0.717) is 0 Å². The molecule has 0 aromatic rings. The second-order valence-electron chi connectivity index (χ2n) is 2.37. The monoisotopic (exact) mass is 178 g/mol. The third kappa shape index (κ3) is 3.29. The quantitative estimate of drug-likeness (QED) is 0.524. The van der Waals surface area contributed by atoms with Gasteiger partial charge in [-0.2, -0.15) is 0 Å². The molecule has 0 aromatic heterocycles.